The third kappa shape index (κ3) is 5.66. The molecule has 0 heterocycles. The summed E-state index contributed by atoms with van der Waals surface area (Å²) in [6.45, 7) is 5.53. The van der Waals surface area contributed by atoms with Crippen molar-refractivity contribution >= 4 is 23.4 Å². The summed E-state index contributed by atoms with van der Waals surface area (Å²) in [5.74, 6) is -0.327. The van der Waals surface area contributed by atoms with E-state index in [1.165, 1.54) is 0 Å². The SMILES string of the molecule is CC(C)CN(CCC(=O)O)c1ccc(SC#N)cc1. The minimum atomic E-state index is -0.787. The van der Waals surface area contributed by atoms with Crippen molar-refractivity contribution in [2.45, 2.75) is 25.2 Å². The number of anilines is 1. The van der Waals surface area contributed by atoms with Crippen LogP contribution in [0.3, 0.4) is 0 Å². The second-order valence-corrected chi connectivity index (χ2v) is 5.53. The van der Waals surface area contributed by atoms with E-state index in [0.717, 1.165) is 28.9 Å². The van der Waals surface area contributed by atoms with Gasteiger partial charge in [-0.3, -0.25) is 4.79 Å². The number of thioether (sulfide) groups is 1. The molecule has 0 aliphatic carbocycles. The Balaban J connectivity index is 2.78. The van der Waals surface area contributed by atoms with Gasteiger partial charge in [-0.1, -0.05) is 13.8 Å². The van der Waals surface area contributed by atoms with Gasteiger partial charge in [-0.25, -0.2) is 0 Å². The van der Waals surface area contributed by atoms with E-state index in [2.05, 4.69) is 18.7 Å². The molecular weight excluding hydrogens is 260 g/mol. The minimum absolute atomic E-state index is 0.126. The van der Waals surface area contributed by atoms with E-state index in [1.807, 2.05) is 29.7 Å². The molecule has 0 aromatic heterocycles. The summed E-state index contributed by atoms with van der Waals surface area (Å²) in [5, 5.41) is 19.4. The molecule has 0 spiro atoms. The number of carboxylic acid groups (broad SMARTS) is 1. The smallest absolute Gasteiger partial charge is 0.305 e. The third-order valence-electron chi connectivity index (χ3n) is 2.55. The highest BCUT2D eigenvalue weighted by Gasteiger charge is 2.10. The lowest BCUT2D eigenvalue weighted by Gasteiger charge is -2.26. The fraction of sp³-hybridized carbons (Fsp3) is 0.429. The van der Waals surface area contributed by atoms with Gasteiger partial charge < -0.3 is 10.0 Å². The molecule has 0 aliphatic rings. The molecule has 0 aliphatic heterocycles. The van der Waals surface area contributed by atoms with Gasteiger partial charge in [0.15, 0.2) is 0 Å². The van der Waals surface area contributed by atoms with Crippen LogP contribution in [0.4, 0.5) is 5.69 Å². The molecule has 5 heteroatoms. The molecule has 0 radical (unpaired) electrons. The Bertz CT molecular complexity index is 452. The number of hydrogen-bond donors (Lipinski definition) is 1. The Morgan fingerprint density at radius 3 is 2.53 bits per heavy atom. The summed E-state index contributed by atoms with van der Waals surface area (Å²) < 4.78 is 0. The number of aliphatic carboxylic acids is 1. The van der Waals surface area contributed by atoms with Crippen molar-refractivity contribution in [3.8, 4) is 5.40 Å². The number of nitrogens with zero attached hydrogens (tertiary/aromatic N) is 2. The molecule has 19 heavy (non-hydrogen) atoms. The second kappa shape index (κ2) is 7.70. The Morgan fingerprint density at radius 2 is 2.05 bits per heavy atom. The predicted octanol–water partition coefficient (Wildman–Crippen LogP) is 3.20. The summed E-state index contributed by atoms with van der Waals surface area (Å²) in [7, 11) is 0. The third-order valence-corrected chi connectivity index (χ3v) is 3.15. The van der Waals surface area contributed by atoms with Crippen molar-refractivity contribution < 1.29 is 9.90 Å². The van der Waals surface area contributed by atoms with E-state index in [-0.39, 0.29) is 6.42 Å². The average Bonchev–Trinajstić information content (AvgIpc) is 2.35. The van der Waals surface area contributed by atoms with Crippen LogP contribution in [0, 0.1) is 16.6 Å². The molecule has 102 valence electrons. The maximum atomic E-state index is 10.7. The number of benzene rings is 1. The highest BCUT2D eigenvalue weighted by atomic mass is 32.2. The van der Waals surface area contributed by atoms with Crippen molar-refractivity contribution in [3.63, 3.8) is 0 Å². The first-order valence-corrected chi connectivity index (χ1v) is 6.97. The molecular formula is C14H18N2O2S. The van der Waals surface area contributed by atoms with E-state index in [1.54, 1.807) is 0 Å². The van der Waals surface area contributed by atoms with Crippen molar-refractivity contribution in [1.29, 1.82) is 5.26 Å². The average molecular weight is 278 g/mol. The first kappa shape index (κ1) is 15.4. The van der Waals surface area contributed by atoms with Crippen molar-refractivity contribution in [3.05, 3.63) is 24.3 Å². The molecule has 0 bridgehead atoms. The molecule has 0 atom stereocenters. The van der Waals surface area contributed by atoms with Crippen molar-refractivity contribution in [1.82, 2.24) is 0 Å². The molecule has 0 fully saturated rings. The molecule has 1 rings (SSSR count). The molecule has 1 N–H and O–H groups in total. The maximum Gasteiger partial charge on any atom is 0.305 e. The zero-order valence-electron chi connectivity index (χ0n) is 11.2. The Morgan fingerprint density at radius 1 is 1.42 bits per heavy atom. The largest absolute Gasteiger partial charge is 0.481 e. The van der Waals surface area contributed by atoms with Crippen LogP contribution in [0.1, 0.15) is 20.3 Å². The number of nitriles is 1. The van der Waals surface area contributed by atoms with Crippen LogP contribution >= 0.6 is 11.8 Å². The predicted molar refractivity (Wildman–Crippen MR) is 77.2 cm³/mol. The molecule has 0 saturated carbocycles. The van der Waals surface area contributed by atoms with Gasteiger partial charge >= 0.3 is 5.97 Å². The normalized spacial score (nSPS) is 10.2. The highest BCUT2D eigenvalue weighted by molar-refractivity contribution is 8.03. The van der Waals surface area contributed by atoms with Crippen LogP contribution in [0.25, 0.3) is 0 Å². The lowest BCUT2D eigenvalue weighted by Crippen LogP contribution is -2.29. The number of rotatable bonds is 7. The summed E-state index contributed by atoms with van der Waals surface area (Å²) in [5.41, 5.74) is 0.997. The van der Waals surface area contributed by atoms with Gasteiger partial charge in [0.05, 0.1) is 6.42 Å². The van der Waals surface area contributed by atoms with E-state index >= 15 is 0 Å². The standard InChI is InChI=1S/C14H18N2O2S/c1-11(2)9-16(8-7-14(17)18)12-3-5-13(6-4-12)19-10-15/h3-6,11H,7-9H2,1-2H3,(H,17,18). The van der Waals surface area contributed by atoms with Gasteiger partial charge in [-0.05, 0) is 41.9 Å². The molecule has 0 amide bonds. The van der Waals surface area contributed by atoms with Gasteiger partial charge in [0.2, 0.25) is 0 Å². The summed E-state index contributed by atoms with van der Waals surface area (Å²) in [6.07, 6.45) is 0.126. The van der Waals surface area contributed by atoms with Crippen LogP contribution in [0.15, 0.2) is 29.2 Å². The second-order valence-electron chi connectivity index (χ2n) is 4.67. The monoisotopic (exact) mass is 278 g/mol. The quantitative estimate of drug-likeness (QED) is 0.613. The van der Waals surface area contributed by atoms with Gasteiger partial charge in [-0.15, -0.1) is 0 Å². The van der Waals surface area contributed by atoms with E-state index < -0.39 is 5.97 Å². The fourth-order valence-corrected chi connectivity index (χ4v) is 2.15. The van der Waals surface area contributed by atoms with E-state index in [0.29, 0.717) is 12.5 Å². The Kier molecular flexibility index (Phi) is 6.23. The molecule has 1 aromatic carbocycles. The zero-order valence-corrected chi connectivity index (χ0v) is 12.0. The van der Waals surface area contributed by atoms with Crippen molar-refractivity contribution in [2.75, 3.05) is 18.0 Å². The Hall–Kier alpha value is -1.67. The van der Waals surface area contributed by atoms with Gasteiger partial charge in [0.25, 0.3) is 0 Å². The molecule has 0 unspecified atom stereocenters. The number of carboxylic acids is 1. The van der Waals surface area contributed by atoms with E-state index in [4.69, 9.17) is 10.4 Å². The summed E-state index contributed by atoms with van der Waals surface area (Å²) >= 11 is 1.12. The van der Waals surface area contributed by atoms with Crippen LogP contribution in [-0.2, 0) is 4.79 Å². The first-order chi connectivity index (χ1) is 9.02. The Labute approximate surface area is 118 Å². The lowest BCUT2D eigenvalue weighted by molar-refractivity contribution is -0.136. The van der Waals surface area contributed by atoms with Crippen molar-refractivity contribution in [2.24, 2.45) is 5.92 Å². The zero-order chi connectivity index (χ0) is 14.3. The van der Waals surface area contributed by atoms with Gasteiger partial charge in [0, 0.05) is 23.7 Å². The lowest BCUT2D eigenvalue weighted by atomic mass is 10.1. The number of thiocyanates is 1. The maximum absolute atomic E-state index is 10.7. The molecule has 1 aromatic rings. The molecule has 4 nitrogen and oxygen atoms in total. The van der Waals surface area contributed by atoms with Gasteiger partial charge in [-0.2, -0.15) is 5.26 Å². The fourth-order valence-electron chi connectivity index (χ4n) is 1.77. The van der Waals surface area contributed by atoms with Crippen LogP contribution < -0.4 is 4.90 Å². The van der Waals surface area contributed by atoms with Crippen LogP contribution in [-0.4, -0.2) is 24.2 Å². The highest BCUT2D eigenvalue weighted by Crippen LogP contribution is 2.22. The number of carbonyl (C=O) groups is 1. The summed E-state index contributed by atoms with van der Waals surface area (Å²) in [4.78, 5) is 13.7. The van der Waals surface area contributed by atoms with E-state index in [9.17, 15) is 4.79 Å². The minimum Gasteiger partial charge on any atom is -0.481 e. The van der Waals surface area contributed by atoms with Crippen LogP contribution in [0.2, 0.25) is 0 Å². The molecule has 0 saturated heterocycles. The number of hydrogen-bond acceptors (Lipinski definition) is 4. The summed E-state index contributed by atoms with van der Waals surface area (Å²) in [6, 6.07) is 7.64. The van der Waals surface area contributed by atoms with Crippen LogP contribution in [0.5, 0.6) is 0 Å². The topological polar surface area (TPSA) is 64.3 Å². The van der Waals surface area contributed by atoms with Gasteiger partial charge in [0.1, 0.15) is 5.40 Å². The first-order valence-electron chi connectivity index (χ1n) is 6.15.